The number of nitrogens with one attached hydrogen (secondary N) is 1. The van der Waals surface area contributed by atoms with Gasteiger partial charge in [0.2, 0.25) is 0 Å². The molecule has 0 amide bonds. The Morgan fingerprint density at radius 2 is 2.08 bits per heavy atom. The molecule has 1 rings (SSSR count). The molecule has 0 aromatic rings. The number of hydrogen-bond donors (Lipinski definition) is 1. The SMILES string of the molecule is CCCN(CC)CC(C)C1CNC1. The Hall–Kier alpha value is -0.0800. The smallest absolute Gasteiger partial charge is 0.00105 e. The molecule has 2 nitrogen and oxygen atoms in total. The lowest BCUT2D eigenvalue weighted by molar-refractivity contribution is 0.171. The molecule has 0 radical (unpaired) electrons. The Labute approximate surface area is 82.7 Å². The van der Waals surface area contributed by atoms with Crippen molar-refractivity contribution >= 4 is 0 Å². The van der Waals surface area contributed by atoms with E-state index >= 15 is 0 Å². The van der Waals surface area contributed by atoms with Gasteiger partial charge < -0.3 is 10.2 Å². The third-order valence-corrected chi connectivity index (χ3v) is 3.15. The first-order valence-electron chi connectivity index (χ1n) is 5.71. The Morgan fingerprint density at radius 3 is 2.46 bits per heavy atom. The molecule has 1 heterocycles. The van der Waals surface area contributed by atoms with Crippen molar-refractivity contribution in [3.8, 4) is 0 Å². The zero-order chi connectivity index (χ0) is 9.68. The summed E-state index contributed by atoms with van der Waals surface area (Å²) in [5.74, 6) is 1.80. The zero-order valence-corrected chi connectivity index (χ0v) is 9.34. The van der Waals surface area contributed by atoms with Crippen molar-refractivity contribution < 1.29 is 0 Å². The summed E-state index contributed by atoms with van der Waals surface area (Å²) in [5, 5.41) is 3.35. The lowest BCUT2D eigenvalue weighted by Gasteiger charge is -2.35. The minimum atomic E-state index is 0.868. The van der Waals surface area contributed by atoms with Crippen LogP contribution >= 0.6 is 0 Å². The third-order valence-electron chi connectivity index (χ3n) is 3.15. The van der Waals surface area contributed by atoms with E-state index in [0.717, 1.165) is 11.8 Å². The number of hydrogen-bond acceptors (Lipinski definition) is 2. The highest BCUT2D eigenvalue weighted by atomic mass is 15.1. The lowest BCUT2D eigenvalue weighted by Crippen LogP contribution is -2.48. The fourth-order valence-corrected chi connectivity index (χ4v) is 1.96. The molecule has 0 aromatic carbocycles. The minimum absolute atomic E-state index is 0.868. The maximum absolute atomic E-state index is 3.35. The van der Waals surface area contributed by atoms with Crippen molar-refractivity contribution in [1.29, 1.82) is 0 Å². The van der Waals surface area contributed by atoms with E-state index in [-0.39, 0.29) is 0 Å². The molecule has 1 saturated heterocycles. The Kier molecular flexibility index (Phi) is 4.74. The van der Waals surface area contributed by atoms with Crippen LogP contribution in [0.4, 0.5) is 0 Å². The van der Waals surface area contributed by atoms with Crippen LogP contribution in [0.1, 0.15) is 27.2 Å². The predicted molar refractivity (Wildman–Crippen MR) is 57.9 cm³/mol. The molecule has 0 bridgehead atoms. The van der Waals surface area contributed by atoms with Crippen LogP contribution in [0.5, 0.6) is 0 Å². The summed E-state index contributed by atoms with van der Waals surface area (Å²) in [6, 6.07) is 0. The fourth-order valence-electron chi connectivity index (χ4n) is 1.96. The Bertz CT molecular complexity index is 132. The van der Waals surface area contributed by atoms with Crippen LogP contribution < -0.4 is 5.32 Å². The Morgan fingerprint density at radius 1 is 1.38 bits per heavy atom. The van der Waals surface area contributed by atoms with Gasteiger partial charge in [0.25, 0.3) is 0 Å². The first kappa shape index (κ1) is 11.0. The van der Waals surface area contributed by atoms with Crippen LogP contribution in [0.2, 0.25) is 0 Å². The largest absolute Gasteiger partial charge is 0.316 e. The van der Waals surface area contributed by atoms with Gasteiger partial charge in [-0.3, -0.25) is 0 Å². The summed E-state index contributed by atoms with van der Waals surface area (Å²) >= 11 is 0. The van der Waals surface area contributed by atoms with Crippen molar-refractivity contribution in [3.05, 3.63) is 0 Å². The highest BCUT2D eigenvalue weighted by Crippen LogP contribution is 2.16. The van der Waals surface area contributed by atoms with Gasteiger partial charge in [-0.05, 0) is 44.4 Å². The highest BCUT2D eigenvalue weighted by Gasteiger charge is 2.24. The molecular formula is C11H24N2. The maximum Gasteiger partial charge on any atom is 0.00105 e. The van der Waals surface area contributed by atoms with E-state index in [9.17, 15) is 0 Å². The van der Waals surface area contributed by atoms with Gasteiger partial charge >= 0.3 is 0 Å². The molecule has 1 aliphatic rings. The molecule has 13 heavy (non-hydrogen) atoms. The van der Waals surface area contributed by atoms with E-state index in [1.54, 1.807) is 0 Å². The van der Waals surface area contributed by atoms with Crippen molar-refractivity contribution in [2.75, 3.05) is 32.7 Å². The quantitative estimate of drug-likeness (QED) is 0.674. The van der Waals surface area contributed by atoms with Crippen LogP contribution in [-0.2, 0) is 0 Å². The van der Waals surface area contributed by atoms with Crippen molar-refractivity contribution in [3.63, 3.8) is 0 Å². The summed E-state index contributed by atoms with van der Waals surface area (Å²) in [6.07, 6.45) is 1.28. The van der Waals surface area contributed by atoms with Crippen LogP contribution in [0.3, 0.4) is 0 Å². The van der Waals surface area contributed by atoms with Gasteiger partial charge in [-0.15, -0.1) is 0 Å². The average Bonchev–Trinajstić information content (AvgIpc) is 2.00. The molecule has 2 heteroatoms. The first-order chi connectivity index (χ1) is 6.27. The van der Waals surface area contributed by atoms with Gasteiger partial charge in [-0.25, -0.2) is 0 Å². The molecule has 0 saturated carbocycles. The number of rotatable bonds is 6. The summed E-state index contributed by atoms with van der Waals surface area (Å²) < 4.78 is 0. The summed E-state index contributed by atoms with van der Waals surface area (Å²) in [5.41, 5.74) is 0. The second-order valence-corrected chi connectivity index (χ2v) is 4.29. The van der Waals surface area contributed by atoms with E-state index in [0.29, 0.717) is 0 Å². The van der Waals surface area contributed by atoms with Gasteiger partial charge in [0, 0.05) is 6.54 Å². The molecule has 1 fully saturated rings. The molecule has 1 unspecified atom stereocenters. The zero-order valence-electron chi connectivity index (χ0n) is 9.34. The summed E-state index contributed by atoms with van der Waals surface area (Å²) in [7, 11) is 0. The molecule has 1 atom stereocenters. The molecule has 0 spiro atoms. The molecule has 0 aliphatic carbocycles. The van der Waals surface area contributed by atoms with Crippen LogP contribution in [0.15, 0.2) is 0 Å². The van der Waals surface area contributed by atoms with Gasteiger partial charge in [0.15, 0.2) is 0 Å². The monoisotopic (exact) mass is 184 g/mol. The van der Waals surface area contributed by atoms with E-state index in [1.165, 1.54) is 39.1 Å². The predicted octanol–water partition coefficient (Wildman–Crippen LogP) is 1.57. The van der Waals surface area contributed by atoms with Crippen molar-refractivity contribution in [2.24, 2.45) is 11.8 Å². The van der Waals surface area contributed by atoms with Gasteiger partial charge in [-0.2, -0.15) is 0 Å². The third kappa shape index (κ3) is 3.28. The Balaban J connectivity index is 2.18. The molecular weight excluding hydrogens is 160 g/mol. The first-order valence-corrected chi connectivity index (χ1v) is 5.71. The van der Waals surface area contributed by atoms with E-state index in [2.05, 4.69) is 31.0 Å². The van der Waals surface area contributed by atoms with Crippen LogP contribution in [0, 0.1) is 11.8 Å². The van der Waals surface area contributed by atoms with Crippen LogP contribution in [0.25, 0.3) is 0 Å². The molecule has 1 N–H and O–H groups in total. The number of nitrogens with zero attached hydrogens (tertiary/aromatic N) is 1. The van der Waals surface area contributed by atoms with Crippen molar-refractivity contribution in [1.82, 2.24) is 10.2 Å². The molecule has 1 aliphatic heterocycles. The van der Waals surface area contributed by atoms with E-state index < -0.39 is 0 Å². The van der Waals surface area contributed by atoms with E-state index in [4.69, 9.17) is 0 Å². The highest BCUT2D eigenvalue weighted by molar-refractivity contribution is 4.80. The van der Waals surface area contributed by atoms with Crippen molar-refractivity contribution in [2.45, 2.75) is 27.2 Å². The second-order valence-electron chi connectivity index (χ2n) is 4.29. The standard InChI is InChI=1S/C11H24N2/c1-4-6-13(5-2)9-10(3)11-7-12-8-11/h10-12H,4-9H2,1-3H3. The second kappa shape index (κ2) is 5.61. The fraction of sp³-hybridized carbons (Fsp3) is 1.00. The van der Waals surface area contributed by atoms with Gasteiger partial charge in [-0.1, -0.05) is 20.8 Å². The topological polar surface area (TPSA) is 15.3 Å². The minimum Gasteiger partial charge on any atom is -0.316 e. The molecule has 0 aromatic heterocycles. The van der Waals surface area contributed by atoms with Crippen LogP contribution in [-0.4, -0.2) is 37.6 Å². The lowest BCUT2D eigenvalue weighted by atomic mass is 9.88. The summed E-state index contributed by atoms with van der Waals surface area (Å²) in [4.78, 5) is 2.57. The maximum atomic E-state index is 3.35. The molecule has 78 valence electrons. The normalized spacial score (nSPS) is 20.3. The average molecular weight is 184 g/mol. The van der Waals surface area contributed by atoms with Gasteiger partial charge in [0.1, 0.15) is 0 Å². The summed E-state index contributed by atoms with van der Waals surface area (Å²) in [6.45, 7) is 13.2. The van der Waals surface area contributed by atoms with Gasteiger partial charge in [0.05, 0.1) is 0 Å². The van der Waals surface area contributed by atoms with E-state index in [1.807, 2.05) is 0 Å².